The molecule has 0 saturated carbocycles. The number of aromatic hydroxyl groups is 1. The van der Waals surface area contributed by atoms with Crippen LogP contribution in [-0.4, -0.2) is 5.11 Å². The van der Waals surface area contributed by atoms with E-state index in [9.17, 15) is 5.11 Å². The molecule has 0 heterocycles. The molecule has 1 nitrogen and oxygen atoms in total. The third kappa shape index (κ3) is 3.39. The molecule has 0 saturated heterocycles. The van der Waals surface area contributed by atoms with E-state index in [-0.39, 0.29) is 0 Å². The molecule has 0 radical (unpaired) electrons. The second kappa shape index (κ2) is 7.78. The van der Waals surface area contributed by atoms with Crippen LogP contribution in [0.25, 0.3) is 0 Å². The average molecular weight is 370 g/mol. The van der Waals surface area contributed by atoms with Crippen LogP contribution in [0.4, 0.5) is 0 Å². The van der Waals surface area contributed by atoms with Gasteiger partial charge in [-0.15, -0.1) is 0 Å². The van der Waals surface area contributed by atoms with Gasteiger partial charge in [-0.3, -0.25) is 0 Å². The molecule has 1 N–H and O–H groups in total. The van der Waals surface area contributed by atoms with Gasteiger partial charge in [-0.2, -0.15) is 0 Å². The van der Waals surface area contributed by atoms with Gasteiger partial charge in [0.1, 0.15) is 0 Å². The van der Waals surface area contributed by atoms with Gasteiger partial charge in [-0.1, -0.05) is 0 Å². The van der Waals surface area contributed by atoms with Crippen molar-refractivity contribution >= 4 is 23.2 Å². The first kappa shape index (κ1) is 17.5. The normalized spacial score (nSPS) is 11.9. The molecule has 0 aliphatic heterocycles. The van der Waals surface area contributed by atoms with Gasteiger partial charge >= 0.3 is 161 Å². The molecule has 0 aliphatic carbocycles. The predicted molar refractivity (Wildman–Crippen MR) is 118 cm³/mol. The van der Waals surface area contributed by atoms with E-state index in [1.807, 2.05) is 18.2 Å². The van der Waals surface area contributed by atoms with E-state index in [4.69, 9.17) is 0 Å². The molecule has 0 bridgehead atoms. The maximum absolute atomic E-state index is 10.9. The number of benzene rings is 4. The fourth-order valence-corrected chi connectivity index (χ4v) is 8.79. The van der Waals surface area contributed by atoms with Gasteiger partial charge in [-0.25, -0.2) is 0 Å². The Labute approximate surface area is 161 Å². The van der Waals surface area contributed by atoms with Gasteiger partial charge in [0.05, 0.1) is 0 Å². The molecule has 4 aromatic carbocycles. The van der Waals surface area contributed by atoms with Crippen molar-refractivity contribution in [2.24, 2.45) is 0 Å². The zero-order valence-corrected chi connectivity index (χ0v) is 16.1. The summed E-state index contributed by atoms with van der Waals surface area (Å²) in [4.78, 5) is 0. The van der Waals surface area contributed by atoms with Crippen LogP contribution in [0.15, 0.2) is 115 Å². The van der Waals surface area contributed by atoms with Crippen LogP contribution in [0, 0.1) is 0 Å². The van der Waals surface area contributed by atoms with E-state index in [0.717, 1.165) is 11.5 Å². The summed E-state index contributed by atoms with van der Waals surface area (Å²) in [5, 5.41) is 14.6. The summed E-state index contributed by atoms with van der Waals surface area (Å²) in [5.74, 6) is 0.382. The Bertz CT molecular complexity index is 958. The number of hydrogen-bond acceptors (Lipinski definition) is 1. The summed E-state index contributed by atoms with van der Waals surface area (Å²) in [6, 6.07) is 39.9. The molecule has 4 rings (SSSR count). The molecular weight excluding hydrogens is 347 g/mol. The number of phenolic OH excluding ortho intramolecular Hbond substituents is 1. The van der Waals surface area contributed by atoms with Crippen LogP contribution >= 0.6 is 7.26 Å². The van der Waals surface area contributed by atoms with Crippen molar-refractivity contribution in [3.63, 3.8) is 0 Å². The molecule has 0 spiro atoms. The second-order valence-corrected chi connectivity index (χ2v) is 10.7. The van der Waals surface area contributed by atoms with Gasteiger partial charge in [0.15, 0.2) is 0 Å². The number of para-hydroxylation sites is 1. The summed E-state index contributed by atoms with van der Waals surface area (Å²) in [6.07, 6.45) is 0.902. The Morgan fingerprint density at radius 1 is 0.519 bits per heavy atom. The topological polar surface area (TPSA) is 20.2 Å². The summed E-state index contributed by atoms with van der Waals surface area (Å²) < 4.78 is 0. The molecule has 0 amide bonds. The SMILES string of the molecule is Oc1ccccc1[PH](Cc1ccccc1)(c1ccccc1)c1ccccc1. The number of phenols is 1. The van der Waals surface area contributed by atoms with E-state index in [2.05, 4.69) is 97.1 Å². The van der Waals surface area contributed by atoms with Crippen molar-refractivity contribution < 1.29 is 5.11 Å². The fraction of sp³-hybridized carbons (Fsp3) is 0.0400. The van der Waals surface area contributed by atoms with Gasteiger partial charge in [0.25, 0.3) is 0 Å². The molecule has 0 fully saturated rings. The van der Waals surface area contributed by atoms with Crippen LogP contribution in [0.5, 0.6) is 5.75 Å². The second-order valence-electron chi connectivity index (χ2n) is 6.82. The first-order chi connectivity index (χ1) is 13.3. The van der Waals surface area contributed by atoms with E-state index >= 15 is 0 Å². The van der Waals surface area contributed by atoms with Crippen molar-refractivity contribution in [1.82, 2.24) is 0 Å². The predicted octanol–water partition coefficient (Wildman–Crippen LogP) is 4.62. The number of rotatable bonds is 5. The monoisotopic (exact) mass is 370 g/mol. The van der Waals surface area contributed by atoms with E-state index in [0.29, 0.717) is 5.75 Å². The molecule has 0 unspecified atom stereocenters. The van der Waals surface area contributed by atoms with Crippen LogP contribution in [-0.2, 0) is 6.16 Å². The quantitative estimate of drug-likeness (QED) is 0.508. The summed E-state index contributed by atoms with van der Waals surface area (Å²) in [7, 11) is -2.46. The summed E-state index contributed by atoms with van der Waals surface area (Å²) in [5.41, 5.74) is 1.29. The van der Waals surface area contributed by atoms with Crippen LogP contribution in [0.2, 0.25) is 0 Å². The molecule has 0 atom stereocenters. The standard InChI is InChI=1S/C25H23OP/c26-24-18-10-11-19-25(24)27(22-14-6-2-7-15-22,23-16-8-3-9-17-23)20-21-12-4-1-5-13-21/h1-19,26-27H,20H2. The Morgan fingerprint density at radius 2 is 0.963 bits per heavy atom. The third-order valence-electron chi connectivity index (χ3n) is 5.21. The number of hydrogen-bond donors (Lipinski definition) is 1. The van der Waals surface area contributed by atoms with Crippen molar-refractivity contribution in [3.8, 4) is 5.75 Å². The van der Waals surface area contributed by atoms with Gasteiger partial charge in [0, 0.05) is 0 Å². The van der Waals surface area contributed by atoms with Crippen molar-refractivity contribution in [2.75, 3.05) is 0 Å². The third-order valence-corrected chi connectivity index (χ3v) is 10.1. The fourth-order valence-electron chi connectivity index (χ4n) is 3.96. The Hall–Kier alpha value is -2.89. The minimum absolute atomic E-state index is 0.382. The van der Waals surface area contributed by atoms with E-state index in [1.165, 1.54) is 16.2 Å². The molecule has 0 aromatic heterocycles. The molecule has 2 heteroatoms. The molecule has 134 valence electrons. The van der Waals surface area contributed by atoms with E-state index < -0.39 is 7.26 Å². The van der Waals surface area contributed by atoms with Crippen LogP contribution in [0.1, 0.15) is 5.56 Å². The maximum atomic E-state index is 10.9. The summed E-state index contributed by atoms with van der Waals surface area (Å²) in [6.45, 7) is 0. The van der Waals surface area contributed by atoms with E-state index in [1.54, 1.807) is 0 Å². The Morgan fingerprint density at radius 3 is 1.48 bits per heavy atom. The average Bonchev–Trinajstić information content (AvgIpc) is 2.75. The molecule has 4 aromatic rings. The van der Waals surface area contributed by atoms with Gasteiger partial charge in [-0.05, 0) is 0 Å². The van der Waals surface area contributed by atoms with Gasteiger partial charge in [0.2, 0.25) is 0 Å². The van der Waals surface area contributed by atoms with Crippen LogP contribution < -0.4 is 15.9 Å². The van der Waals surface area contributed by atoms with Crippen molar-refractivity contribution in [1.29, 1.82) is 0 Å². The zero-order valence-electron chi connectivity index (χ0n) is 15.1. The Kier molecular flexibility index (Phi) is 5.05. The molecular formula is C25H23OP. The summed E-state index contributed by atoms with van der Waals surface area (Å²) >= 11 is 0. The molecule has 0 aliphatic rings. The minimum atomic E-state index is -2.46. The molecule has 27 heavy (non-hydrogen) atoms. The van der Waals surface area contributed by atoms with Gasteiger partial charge < -0.3 is 0 Å². The first-order valence-corrected chi connectivity index (χ1v) is 11.4. The Balaban J connectivity index is 2.04. The zero-order chi connectivity index (χ0) is 18.5. The van der Waals surface area contributed by atoms with Crippen molar-refractivity contribution in [3.05, 3.63) is 121 Å². The first-order valence-electron chi connectivity index (χ1n) is 9.24. The van der Waals surface area contributed by atoms with Crippen molar-refractivity contribution in [2.45, 2.75) is 6.16 Å². The van der Waals surface area contributed by atoms with Crippen LogP contribution in [0.3, 0.4) is 0 Å².